The maximum Gasteiger partial charge on any atom is 0.194 e. The van der Waals surface area contributed by atoms with Gasteiger partial charge in [-0.3, -0.25) is 4.79 Å². The van der Waals surface area contributed by atoms with Gasteiger partial charge >= 0.3 is 0 Å². The summed E-state index contributed by atoms with van der Waals surface area (Å²) in [6.07, 6.45) is -0.389. The van der Waals surface area contributed by atoms with Gasteiger partial charge in [0.15, 0.2) is 11.9 Å². The molecule has 0 bridgehead atoms. The van der Waals surface area contributed by atoms with Crippen LogP contribution in [0.5, 0.6) is 0 Å². The summed E-state index contributed by atoms with van der Waals surface area (Å²) in [6.45, 7) is 4.06. The molecule has 1 aliphatic heterocycles. The quantitative estimate of drug-likeness (QED) is 0.616. The fraction of sp³-hybridized carbons (Fsp3) is 0.235. The summed E-state index contributed by atoms with van der Waals surface area (Å²) in [5.74, 6) is 0.0746. The van der Waals surface area contributed by atoms with E-state index in [1.807, 2.05) is 62.4 Å². The third-order valence-electron chi connectivity index (χ3n) is 3.49. The second-order valence-electron chi connectivity index (χ2n) is 5.12. The van der Waals surface area contributed by atoms with Crippen LogP contribution in [0.25, 0.3) is 0 Å². The number of Topliss-reactive ketones (excluding diaryl/α,β-unsaturated/α-hetero) is 1. The van der Waals surface area contributed by atoms with Gasteiger partial charge in [0.25, 0.3) is 0 Å². The minimum Gasteiger partial charge on any atom is -0.356 e. The Morgan fingerprint density at radius 1 is 0.895 bits per heavy atom. The number of carbonyl (C=O) groups is 1. The molecule has 1 aliphatic rings. The van der Waals surface area contributed by atoms with Gasteiger partial charge in [0, 0.05) is 5.56 Å². The zero-order valence-electron chi connectivity index (χ0n) is 11.1. The number of epoxide rings is 1. The normalized spacial score (nSPS) is 21.2. The number of aryl methyl sites for hydroxylation is 2. The average molecular weight is 252 g/mol. The maximum absolute atomic E-state index is 12.2. The van der Waals surface area contributed by atoms with E-state index in [0.29, 0.717) is 0 Å². The molecule has 0 radical (unpaired) electrons. The third kappa shape index (κ3) is 2.45. The van der Waals surface area contributed by atoms with Crippen molar-refractivity contribution in [1.29, 1.82) is 0 Å². The van der Waals surface area contributed by atoms with Gasteiger partial charge in [-0.25, -0.2) is 0 Å². The number of carbonyl (C=O) groups excluding carboxylic acids is 1. The van der Waals surface area contributed by atoms with E-state index in [9.17, 15) is 4.79 Å². The second-order valence-corrected chi connectivity index (χ2v) is 5.12. The van der Waals surface area contributed by atoms with Crippen molar-refractivity contribution in [2.75, 3.05) is 0 Å². The lowest BCUT2D eigenvalue weighted by Crippen LogP contribution is -2.08. The molecule has 2 atom stereocenters. The summed E-state index contributed by atoms with van der Waals surface area (Å²) in [5.41, 5.74) is 4.18. The Kier molecular flexibility index (Phi) is 2.96. The molecule has 1 fully saturated rings. The minimum atomic E-state index is -0.314. The van der Waals surface area contributed by atoms with Crippen LogP contribution >= 0.6 is 0 Å². The van der Waals surface area contributed by atoms with Crippen LogP contribution < -0.4 is 0 Å². The van der Waals surface area contributed by atoms with Gasteiger partial charge in [-0.1, -0.05) is 59.7 Å². The topological polar surface area (TPSA) is 29.6 Å². The van der Waals surface area contributed by atoms with E-state index in [1.54, 1.807) is 0 Å². The summed E-state index contributed by atoms with van der Waals surface area (Å²) in [6, 6.07) is 15.8. The number of benzene rings is 2. The first-order valence-electron chi connectivity index (χ1n) is 6.48. The minimum absolute atomic E-state index is 0.0746. The van der Waals surface area contributed by atoms with Gasteiger partial charge in [-0.05, 0) is 19.4 Å². The fourth-order valence-corrected chi connectivity index (χ4v) is 2.20. The molecule has 1 saturated heterocycles. The van der Waals surface area contributed by atoms with Crippen LogP contribution in [0.4, 0.5) is 0 Å². The van der Waals surface area contributed by atoms with Crippen molar-refractivity contribution in [3.63, 3.8) is 0 Å². The Balaban J connectivity index is 1.74. The molecule has 2 aromatic carbocycles. The highest BCUT2D eigenvalue weighted by atomic mass is 16.6. The van der Waals surface area contributed by atoms with Crippen LogP contribution in [0.3, 0.4) is 0 Å². The molecule has 0 amide bonds. The Labute approximate surface area is 113 Å². The zero-order chi connectivity index (χ0) is 13.4. The van der Waals surface area contributed by atoms with Crippen LogP contribution in [0.15, 0.2) is 48.5 Å². The van der Waals surface area contributed by atoms with Gasteiger partial charge in [-0.2, -0.15) is 0 Å². The molecule has 0 spiro atoms. The van der Waals surface area contributed by atoms with Crippen LogP contribution in [0, 0.1) is 13.8 Å². The van der Waals surface area contributed by atoms with Gasteiger partial charge in [-0.15, -0.1) is 0 Å². The highest BCUT2D eigenvalue weighted by Gasteiger charge is 2.45. The summed E-state index contributed by atoms with van der Waals surface area (Å²) < 4.78 is 5.54. The summed E-state index contributed by atoms with van der Waals surface area (Å²) in [5, 5.41) is 0. The maximum atomic E-state index is 12.2. The first-order valence-corrected chi connectivity index (χ1v) is 6.48. The van der Waals surface area contributed by atoms with Crippen molar-refractivity contribution in [2.24, 2.45) is 0 Å². The second kappa shape index (κ2) is 4.63. The first kappa shape index (κ1) is 12.1. The SMILES string of the molecule is Cc1ccc(C(=O)[C@@H]2O[C@@H]2c2ccc(C)cc2)cc1. The predicted octanol–water partition coefficient (Wildman–Crippen LogP) is 3.63. The van der Waals surface area contributed by atoms with Crippen molar-refractivity contribution in [3.8, 4) is 0 Å². The summed E-state index contributed by atoms with van der Waals surface area (Å²) in [4.78, 5) is 12.2. The van der Waals surface area contributed by atoms with Crippen LogP contribution in [0.1, 0.15) is 33.2 Å². The molecule has 1 heterocycles. The van der Waals surface area contributed by atoms with Crippen LogP contribution in [0.2, 0.25) is 0 Å². The Bertz CT molecular complexity index is 596. The molecule has 2 heteroatoms. The number of hydrogen-bond donors (Lipinski definition) is 0. The van der Waals surface area contributed by atoms with Gasteiger partial charge < -0.3 is 4.74 Å². The van der Waals surface area contributed by atoms with Gasteiger partial charge in [0.1, 0.15) is 6.10 Å². The van der Waals surface area contributed by atoms with E-state index >= 15 is 0 Å². The van der Waals surface area contributed by atoms with Crippen molar-refractivity contribution < 1.29 is 9.53 Å². The summed E-state index contributed by atoms with van der Waals surface area (Å²) >= 11 is 0. The smallest absolute Gasteiger partial charge is 0.194 e. The molecular weight excluding hydrogens is 236 g/mol. The number of hydrogen-bond acceptors (Lipinski definition) is 2. The molecule has 0 N–H and O–H groups in total. The Morgan fingerprint density at radius 3 is 2.00 bits per heavy atom. The average Bonchev–Trinajstić information content (AvgIpc) is 3.20. The monoisotopic (exact) mass is 252 g/mol. The lowest BCUT2D eigenvalue weighted by Gasteiger charge is -1.99. The molecule has 2 nitrogen and oxygen atoms in total. The zero-order valence-corrected chi connectivity index (χ0v) is 11.1. The standard InChI is InChI=1S/C17H16O2/c1-11-3-7-13(8-4-11)15(18)17-16(19-17)14-9-5-12(2)6-10-14/h3-10,16-17H,1-2H3/t16-,17+/m1/s1. The molecular formula is C17H16O2. The van der Waals surface area contributed by atoms with Crippen molar-refractivity contribution >= 4 is 5.78 Å². The molecule has 3 rings (SSSR count). The van der Waals surface area contributed by atoms with Gasteiger partial charge in [0.2, 0.25) is 0 Å². The number of rotatable bonds is 3. The van der Waals surface area contributed by atoms with E-state index in [4.69, 9.17) is 4.74 Å². The number of ether oxygens (including phenoxy) is 1. The Morgan fingerprint density at radius 2 is 1.42 bits per heavy atom. The highest BCUT2D eigenvalue weighted by Crippen LogP contribution is 2.40. The molecule has 0 aromatic heterocycles. The lowest BCUT2D eigenvalue weighted by molar-refractivity contribution is 0.0953. The van der Waals surface area contributed by atoms with Crippen LogP contribution in [-0.4, -0.2) is 11.9 Å². The van der Waals surface area contributed by atoms with E-state index in [2.05, 4.69) is 0 Å². The lowest BCUT2D eigenvalue weighted by atomic mass is 10.0. The first-order chi connectivity index (χ1) is 9.15. The molecule has 0 unspecified atom stereocenters. The molecule has 0 aliphatic carbocycles. The number of ketones is 1. The molecule has 0 saturated carbocycles. The molecule has 96 valence electrons. The van der Waals surface area contributed by atoms with Crippen molar-refractivity contribution in [3.05, 3.63) is 70.8 Å². The largest absolute Gasteiger partial charge is 0.356 e. The van der Waals surface area contributed by atoms with Crippen molar-refractivity contribution in [1.82, 2.24) is 0 Å². The predicted molar refractivity (Wildman–Crippen MR) is 74.3 cm³/mol. The fourth-order valence-electron chi connectivity index (χ4n) is 2.20. The van der Waals surface area contributed by atoms with E-state index in [1.165, 1.54) is 5.56 Å². The van der Waals surface area contributed by atoms with E-state index in [-0.39, 0.29) is 18.0 Å². The van der Waals surface area contributed by atoms with E-state index < -0.39 is 0 Å². The molecule has 2 aromatic rings. The van der Waals surface area contributed by atoms with Crippen LogP contribution in [-0.2, 0) is 4.74 Å². The molecule has 19 heavy (non-hydrogen) atoms. The van der Waals surface area contributed by atoms with E-state index in [0.717, 1.165) is 16.7 Å². The van der Waals surface area contributed by atoms with Crippen molar-refractivity contribution in [2.45, 2.75) is 26.1 Å². The Hall–Kier alpha value is -1.93. The van der Waals surface area contributed by atoms with Gasteiger partial charge in [0.05, 0.1) is 0 Å². The third-order valence-corrected chi connectivity index (χ3v) is 3.49. The summed E-state index contributed by atoms with van der Waals surface area (Å²) in [7, 11) is 0. The highest BCUT2D eigenvalue weighted by molar-refractivity contribution is 6.01.